The Morgan fingerprint density at radius 3 is 2.16 bits per heavy atom. The van der Waals surface area contributed by atoms with E-state index in [1.165, 1.54) is 30.3 Å². The highest BCUT2D eigenvalue weighted by Crippen LogP contribution is 2.20. The van der Waals surface area contributed by atoms with Crippen LogP contribution in [0, 0.1) is 0 Å². The summed E-state index contributed by atoms with van der Waals surface area (Å²) < 4.78 is 37.6. The van der Waals surface area contributed by atoms with Crippen LogP contribution < -0.4 is 10.6 Å². The summed E-state index contributed by atoms with van der Waals surface area (Å²) in [5.74, 6) is -2.53. The summed E-state index contributed by atoms with van der Waals surface area (Å²) in [4.78, 5) is 22.8. The normalized spacial score (nSPS) is 11.4. The van der Waals surface area contributed by atoms with Gasteiger partial charge in [-0.15, -0.1) is 0 Å². The second-order valence-corrected chi connectivity index (χ2v) is 5.82. The Bertz CT molecular complexity index is 802. The van der Waals surface area contributed by atoms with E-state index < -0.39 is 18.0 Å². The van der Waals surface area contributed by atoms with E-state index in [1.807, 2.05) is 12.1 Å². The first-order valence-electron chi connectivity index (χ1n) is 6.97. The number of rotatable bonds is 4. The van der Waals surface area contributed by atoms with Gasteiger partial charge in [-0.25, -0.2) is 0 Å². The van der Waals surface area contributed by atoms with Gasteiger partial charge in [0.05, 0.1) is 0 Å². The molecule has 0 saturated heterocycles. The number of carbonyl (C=O) groups excluding carboxylic acids is 2. The van der Waals surface area contributed by atoms with Gasteiger partial charge >= 0.3 is 12.1 Å². The fourth-order valence-corrected chi connectivity index (χ4v) is 2.07. The monoisotopic (exact) mass is 412 g/mol. The Morgan fingerprint density at radius 1 is 0.960 bits per heavy atom. The lowest BCUT2D eigenvalue weighted by molar-refractivity contribution is -0.167. The molecule has 2 N–H and O–H groups in total. The zero-order valence-electron chi connectivity index (χ0n) is 12.6. The Kier molecular flexibility index (Phi) is 5.97. The van der Waals surface area contributed by atoms with Crippen LogP contribution in [0.4, 0.5) is 24.5 Å². The lowest BCUT2D eigenvalue weighted by Crippen LogP contribution is -2.29. The molecule has 0 aromatic heterocycles. The molecule has 2 amide bonds. The van der Waals surface area contributed by atoms with E-state index in [4.69, 9.17) is 0 Å². The summed E-state index contributed by atoms with van der Waals surface area (Å²) >= 11 is 3.30. The third-order valence-electron chi connectivity index (χ3n) is 2.94. The zero-order chi connectivity index (χ0) is 18.4. The minimum absolute atomic E-state index is 0.0722. The van der Waals surface area contributed by atoms with Gasteiger partial charge in [-0.2, -0.15) is 13.2 Å². The first-order valence-corrected chi connectivity index (χ1v) is 7.76. The molecule has 0 bridgehead atoms. The summed E-state index contributed by atoms with van der Waals surface area (Å²) in [6.45, 7) is 0. The largest absolute Gasteiger partial charge is 0.471 e. The number of hydrogen-bond acceptors (Lipinski definition) is 2. The standard InChI is InChI=1S/C17H12BrF3N2O2/c18-12-7-4-11(5-8-12)6-9-15(24)22-13-2-1-3-14(10-13)23-16(25)17(19,20)21/h1-10H,(H,22,24)(H,23,25)/b9-6+. The van der Waals surface area contributed by atoms with E-state index in [9.17, 15) is 22.8 Å². The lowest BCUT2D eigenvalue weighted by Gasteiger charge is -2.09. The molecule has 4 nitrogen and oxygen atoms in total. The molecule has 0 fully saturated rings. The van der Waals surface area contributed by atoms with Crippen molar-refractivity contribution in [2.75, 3.05) is 10.6 Å². The molecule has 25 heavy (non-hydrogen) atoms. The first-order chi connectivity index (χ1) is 11.7. The van der Waals surface area contributed by atoms with Crippen molar-refractivity contribution in [3.8, 4) is 0 Å². The molecule has 0 atom stereocenters. The first kappa shape index (κ1) is 18.7. The summed E-state index contributed by atoms with van der Waals surface area (Å²) in [6, 6.07) is 12.7. The van der Waals surface area contributed by atoms with E-state index in [1.54, 1.807) is 23.5 Å². The van der Waals surface area contributed by atoms with Crippen LogP contribution in [-0.4, -0.2) is 18.0 Å². The molecule has 8 heteroatoms. The molecule has 0 aliphatic heterocycles. The van der Waals surface area contributed by atoms with Gasteiger partial charge in [-0.3, -0.25) is 9.59 Å². The number of anilines is 2. The molecule has 0 heterocycles. The van der Waals surface area contributed by atoms with Gasteiger partial charge in [0, 0.05) is 21.9 Å². The lowest BCUT2D eigenvalue weighted by atomic mass is 10.2. The predicted molar refractivity (Wildman–Crippen MR) is 92.9 cm³/mol. The van der Waals surface area contributed by atoms with Crippen molar-refractivity contribution in [1.82, 2.24) is 0 Å². The molecular weight excluding hydrogens is 401 g/mol. The van der Waals surface area contributed by atoms with Crippen molar-refractivity contribution in [2.45, 2.75) is 6.18 Å². The Labute approximate surface area is 149 Å². The Hall–Kier alpha value is -2.61. The van der Waals surface area contributed by atoms with Crippen molar-refractivity contribution in [3.05, 3.63) is 64.6 Å². The van der Waals surface area contributed by atoms with Gasteiger partial charge < -0.3 is 10.6 Å². The van der Waals surface area contributed by atoms with Crippen LogP contribution in [0.5, 0.6) is 0 Å². The number of amides is 2. The minimum atomic E-state index is -4.98. The van der Waals surface area contributed by atoms with Crippen molar-refractivity contribution in [3.63, 3.8) is 0 Å². The van der Waals surface area contributed by atoms with Gasteiger partial charge in [-0.05, 0) is 42.0 Å². The van der Waals surface area contributed by atoms with Crippen LogP contribution in [0.15, 0.2) is 59.1 Å². The van der Waals surface area contributed by atoms with E-state index in [0.29, 0.717) is 0 Å². The maximum absolute atomic E-state index is 12.2. The van der Waals surface area contributed by atoms with Crippen molar-refractivity contribution < 1.29 is 22.8 Å². The van der Waals surface area contributed by atoms with Gasteiger partial charge in [0.25, 0.3) is 0 Å². The molecule has 2 aromatic rings. The van der Waals surface area contributed by atoms with Gasteiger partial charge in [0.2, 0.25) is 5.91 Å². The smallest absolute Gasteiger partial charge is 0.322 e. The van der Waals surface area contributed by atoms with Gasteiger partial charge in [0.1, 0.15) is 0 Å². The molecule has 2 rings (SSSR count). The summed E-state index contributed by atoms with van der Waals surface area (Å²) in [7, 11) is 0. The van der Waals surface area contributed by atoms with Crippen molar-refractivity contribution in [1.29, 1.82) is 0 Å². The molecular formula is C17H12BrF3N2O2. The number of alkyl halides is 3. The number of nitrogens with one attached hydrogen (secondary N) is 2. The van der Waals surface area contributed by atoms with Crippen molar-refractivity contribution in [2.24, 2.45) is 0 Å². The maximum Gasteiger partial charge on any atom is 0.471 e. The number of benzene rings is 2. The average Bonchev–Trinajstić information content (AvgIpc) is 2.54. The molecule has 2 aromatic carbocycles. The molecule has 0 aliphatic carbocycles. The van der Waals surface area contributed by atoms with Crippen LogP contribution in [0.3, 0.4) is 0 Å². The third kappa shape index (κ3) is 6.07. The topological polar surface area (TPSA) is 58.2 Å². The average molecular weight is 413 g/mol. The number of carbonyl (C=O) groups is 2. The molecule has 0 saturated carbocycles. The minimum Gasteiger partial charge on any atom is -0.322 e. The third-order valence-corrected chi connectivity index (χ3v) is 3.47. The van der Waals surface area contributed by atoms with Crippen LogP contribution in [0.25, 0.3) is 6.08 Å². The van der Waals surface area contributed by atoms with Gasteiger partial charge in [0.15, 0.2) is 0 Å². The summed E-state index contributed by atoms with van der Waals surface area (Å²) in [6.07, 6.45) is -2.09. The van der Waals surface area contributed by atoms with Crippen LogP contribution >= 0.6 is 15.9 Å². The molecule has 0 spiro atoms. The highest BCUT2D eigenvalue weighted by Gasteiger charge is 2.38. The van der Waals surface area contributed by atoms with Crippen LogP contribution in [0.1, 0.15) is 5.56 Å². The van der Waals surface area contributed by atoms with E-state index in [2.05, 4.69) is 21.2 Å². The quantitative estimate of drug-likeness (QED) is 0.720. The van der Waals surface area contributed by atoms with Crippen molar-refractivity contribution >= 4 is 45.2 Å². The van der Waals surface area contributed by atoms with Crippen LogP contribution in [0.2, 0.25) is 0 Å². The van der Waals surface area contributed by atoms with E-state index >= 15 is 0 Å². The Morgan fingerprint density at radius 2 is 1.56 bits per heavy atom. The number of hydrogen-bond donors (Lipinski definition) is 2. The number of halogens is 4. The maximum atomic E-state index is 12.2. The van der Waals surface area contributed by atoms with Crippen LogP contribution in [-0.2, 0) is 9.59 Å². The zero-order valence-corrected chi connectivity index (χ0v) is 14.2. The molecule has 0 radical (unpaired) electrons. The summed E-state index contributed by atoms with van der Waals surface area (Å²) in [5, 5.41) is 4.23. The fourth-order valence-electron chi connectivity index (χ4n) is 1.81. The molecule has 130 valence electrons. The fraction of sp³-hybridized carbons (Fsp3) is 0.0588. The molecule has 0 unspecified atom stereocenters. The summed E-state index contributed by atoms with van der Waals surface area (Å²) in [5.41, 5.74) is 0.993. The van der Waals surface area contributed by atoms with E-state index in [-0.39, 0.29) is 11.4 Å². The Balaban J connectivity index is 2.00. The highest BCUT2D eigenvalue weighted by atomic mass is 79.9. The SMILES string of the molecule is O=C(/C=C/c1ccc(Br)cc1)Nc1cccc(NC(=O)C(F)(F)F)c1. The highest BCUT2D eigenvalue weighted by molar-refractivity contribution is 9.10. The van der Waals surface area contributed by atoms with Gasteiger partial charge in [-0.1, -0.05) is 34.1 Å². The second kappa shape index (κ2) is 7.98. The second-order valence-electron chi connectivity index (χ2n) is 4.91. The molecule has 0 aliphatic rings. The predicted octanol–water partition coefficient (Wildman–Crippen LogP) is 4.60. The van der Waals surface area contributed by atoms with E-state index in [0.717, 1.165) is 10.0 Å².